The maximum atomic E-state index is 12.4. The van der Waals surface area contributed by atoms with Crippen molar-refractivity contribution >= 4 is 0 Å². The van der Waals surface area contributed by atoms with E-state index >= 15 is 0 Å². The van der Waals surface area contributed by atoms with E-state index in [1.807, 2.05) is 0 Å². The Hall–Kier alpha value is -1.13. The molecule has 0 atom stereocenters. The zero-order chi connectivity index (χ0) is 10.1. The molecule has 78 valence electrons. The molecule has 0 N–H and O–H groups in total. The van der Waals surface area contributed by atoms with Crippen molar-refractivity contribution in [2.45, 2.75) is 32.5 Å². The number of aromatic nitrogens is 3. The van der Waals surface area contributed by atoms with Crippen LogP contribution in [0.1, 0.15) is 25.1 Å². The second-order valence-corrected chi connectivity index (χ2v) is 3.87. The monoisotopic (exact) mass is 199 g/mol. The number of nitrogens with zero attached hydrogens (tertiary/aromatic N) is 3. The van der Waals surface area contributed by atoms with Crippen LogP contribution in [0.25, 0.3) is 0 Å². The molecular formula is C9H14FN3O. The minimum absolute atomic E-state index is 0.204. The van der Waals surface area contributed by atoms with Gasteiger partial charge < -0.3 is 0 Å². The van der Waals surface area contributed by atoms with Crippen LogP contribution in [0.2, 0.25) is 0 Å². The fourth-order valence-electron chi connectivity index (χ4n) is 1.69. The highest BCUT2D eigenvalue weighted by Crippen LogP contribution is 2.27. The summed E-state index contributed by atoms with van der Waals surface area (Å²) in [6.45, 7) is -0.0317. The predicted octanol–water partition coefficient (Wildman–Crippen LogP) is 0.851. The first-order valence-corrected chi connectivity index (χ1v) is 4.91. The highest BCUT2D eigenvalue weighted by molar-refractivity contribution is 4.84. The molecule has 0 amide bonds. The Bertz CT molecular complexity index is 378. The minimum atomic E-state index is -0.677. The average molecular weight is 199 g/mol. The van der Waals surface area contributed by atoms with Gasteiger partial charge in [-0.3, -0.25) is 4.57 Å². The largest absolute Gasteiger partial charge is 0.345 e. The highest BCUT2D eigenvalue weighted by Gasteiger charge is 2.20. The average Bonchev–Trinajstić information content (AvgIpc) is 2.38. The van der Waals surface area contributed by atoms with Crippen molar-refractivity contribution in [1.82, 2.24) is 14.3 Å². The van der Waals surface area contributed by atoms with E-state index in [2.05, 4.69) is 5.10 Å². The van der Waals surface area contributed by atoms with Gasteiger partial charge in [-0.05, 0) is 18.8 Å². The quantitative estimate of drug-likeness (QED) is 0.724. The van der Waals surface area contributed by atoms with E-state index in [4.69, 9.17) is 0 Å². The van der Waals surface area contributed by atoms with Gasteiger partial charge in [-0.2, -0.15) is 5.10 Å². The lowest BCUT2D eigenvalue weighted by molar-refractivity contribution is 0.262. The second-order valence-electron chi connectivity index (χ2n) is 3.87. The van der Waals surface area contributed by atoms with Crippen molar-refractivity contribution in [1.29, 1.82) is 0 Å². The molecule has 1 aliphatic rings. The Balaban J connectivity index is 2.20. The number of alkyl halides is 1. The number of halogens is 1. The van der Waals surface area contributed by atoms with Crippen molar-refractivity contribution in [3.05, 3.63) is 16.3 Å². The summed E-state index contributed by atoms with van der Waals surface area (Å²) in [7, 11) is 1.56. The molecular weight excluding hydrogens is 185 g/mol. The second kappa shape index (κ2) is 3.55. The maximum absolute atomic E-state index is 12.4. The Morgan fingerprint density at radius 2 is 2.29 bits per heavy atom. The van der Waals surface area contributed by atoms with Crippen LogP contribution in [0.15, 0.2) is 4.79 Å². The van der Waals surface area contributed by atoms with Crippen molar-refractivity contribution in [3.63, 3.8) is 0 Å². The molecule has 1 aliphatic carbocycles. The fourth-order valence-corrected chi connectivity index (χ4v) is 1.69. The molecule has 1 aromatic rings. The van der Waals surface area contributed by atoms with E-state index in [1.54, 1.807) is 7.05 Å². The van der Waals surface area contributed by atoms with Crippen LogP contribution in [0.3, 0.4) is 0 Å². The summed E-state index contributed by atoms with van der Waals surface area (Å²) in [5.41, 5.74) is -0.204. The Morgan fingerprint density at radius 3 is 2.71 bits per heavy atom. The smallest absolute Gasteiger partial charge is 0.280 e. The molecule has 1 saturated carbocycles. The first kappa shape index (κ1) is 9.43. The fraction of sp³-hybridized carbons (Fsp3) is 0.778. The third-order valence-electron chi connectivity index (χ3n) is 2.91. The summed E-state index contributed by atoms with van der Waals surface area (Å²) in [4.78, 5) is 11.5. The molecule has 0 unspecified atom stereocenters. The molecule has 1 heterocycles. The van der Waals surface area contributed by atoms with Gasteiger partial charge in [-0.15, -0.1) is 0 Å². The Morgan fingerprint density at radius 1 is 1.57 bits per heavy atom. The van der Waals surface area contributed by atoms with Crippen LogP contribution in [-0.2, 0) is 20.3 Å². The van der Waals surface area contributed by atoms with Gasteiger partial charge >= 0.3 is 5.69 Å². The third kappa shape index (κ3) is 1.47. The highest BCUT2D eigenvalue weighted by atomic mass is 19.1. The summed E-state index contributed by atoms with van der Waals surface area (Å²) < 4.78 is 15.0. The summed E-state index contributed by atoms with van der Waals surface area (Å²) >= 11 is 0. The lowest BCUT2D eigenvalue weighted by Crippen LogP contribution is -2.28. The third-order valence-corrected chi connectivity index (χ3v) is 2.91. The lowest BCUT2D eigenvalue weighted by Gasteiger charge is -2.24. The van der Waals surface area contributed by atoms with E-state index < -0.39 is 6.67 Å². The summed E-state index contributed by atoms with van der Waals surface area (Å²) in [6, 6.07) is 0. The molecule has 1 aromatic heterocycles. The molecule has 0 aromatic carbocycles. The number of rotatable bonds is 3. The van der Waals surface area contributed by atoms with Crippen LogP contribution < -0.4 is 5.69 Å². The van der Waals surface area contributed by atoms with Gasteiger partial charge in [-0.1, -0.05) is 6.42 Å². The van der Waals surface area contributed by atoms with E-state index in [0.29, 0.717) is 12.5 Å². The predicted molar refractivity (Wildman–Crippen MR) is 49.6 cm³/mol. The first-order chi connectivity index (χ1) is 6.72. The van der Waals surface area contributed by atoms with Crippen LogP contribution in [0.5, 0.6) is 0 Å². The van der Waals surface area contributed by atoms with E-state index in [1.165, 1.54) is 15.7 Å². The van der Waals surface area contributed by atoms with Gasteiger partial charge in [-0.25, -0.2) is 13.9 Å². The Labute approximate surface area is 81.3 Å². The van der Waals surface area contributed by atoms with Gasteiger partial charge in [0.25, 0.3) is 0 Å². The topological polar surface area (TPSA) is 39.8 Å². The summed E-state index contributed by atoms with van der Waals surface area (Å²) in [6.07, 6.45) is 3.56. The molecule has 2 rings (SSSR count). The van der Waals surface area contributed by atoms with Gasteiger partial charge in [0.05, 0.1) is 0 Å². The molecule has 4 nitrogen and oxygen atoms in total. The zero-order valence-electron chi connectivity index (χ0n) is 8.24. The lowest BCUT2D eigenvalue weighted by atomic mass is 9.85. The SMILES string of the molecule is Cn1c(CF)nn(CC2CCC2)c1=O. The van der Waals surface area contributed by atoms with E-state index in [9.17, 15) is 9.18 Å². The number of hydrogen-bond donors (Lipinski definition) is 0. The molecule has 0 spiro atoms. The van der Waals surface area contributed by atoms with E-state index in [0.717, 1.165) is 12.8 Å². The van der Waals surface area contributed by atoms with Gasteiger partial charge in [0.2, 0.25) is 0 Å². The van der Waals surface area contributed by atoms with Crippen molar-refractivity contribution < 1.29 is 4.39 Å². The zero-order valence-corrected chi connectivity index (χ0v) is 8.24. The summed E-state index contributed by atoms with van der Waals surface area (Å²) in [5, 5.41) is 3.94. The molecule has 14 heavy (non-hydrogen) atoms. The standard InChI is InChI=1S/C9H14FN3O/c1-12-8(5-10)11-13(9(12)14)6-7-3-2-4-7/h7H,2-6H2,1H3. The molecule has 0 saturated heterocycles. The molecule has 0 bridgehead atoms. The molecule has 0 aliphatic heterocycles. The molecule has 0 radical (unpaired) electrons. The van der Waals surface area contributed by atoms with Gasteiger partial charge in [0, 0.05) is 13.6 Å². The normalized spacial score (nSPS) is 17.0. The summed E-state index contributed by atoms with van der Waals surface area (Å²) in [5.74, 6) is 0.782. The first-order valence-electron chi connectivity index (χ1n) is 4.91. The van der Waals surface area contributed by atoms with Gasteiger partial charge in [0.1, 0.15) is 6.67 Å². The van der Waals surface area contributed by atoms with Crippen LogP contribution in [0, 0.1) is 5.92 Å². The number of hydrogen-bond acceptors (Lipinski definition) is 2. The minimum Gasteiger partial charge on any atom is -0.280 e. The van der Waals surface area contributed by atoms with Gasteiger partial charge in [0.15, 0.2) is 5.82 Å². The molecule has 5 heteroatoms. The van der Waals surface area contributed by atoms with Crippen LogP contribution in [0.4, 0.5) is 4.39 Å². The van der Waals surface area contributed by atoms with Crippen molar-refractivity contribution in [2.75, 3.05) is 0 Å². The van der Waals surface area contributed by atoms with E-state index in [-0.39, 0.29) is 11.5 Å². The van der Waals surface area contributed by atoms with Crippen LogP contribution in [-0.4, -0.2) is 14.3 Å². The Kier molecular flexibility index (Phi) is 2.39. The van der Waals surface area contributed by atoms with Crippen molar-refractivity contribution in [2.24, 2.45) is 13.0 Å². The van der Waals surface area contributed by atoms with Crippen molar-refractivity contribution in [3.8, 4) is 0 Å². The maximum Gasteiger partial charge on any atom is 0.345 e. The van der Waals surface area contributed by atoms with Crippen LogP contribution >= 0.6 is 0 Å². The molecule has 1 fully saturated rings.